The summed E-state index contributed by atoms with van der Waals surface area (Å²) >= 11 is 0. The summed E-state index contributed by atoms with van der Waals surface area (Å²) in [6.07, 6.45) is -0.391. The Morgan fingerprint density at radius 2 is 1.97 bits per heavy atom. The highest BCUT2D eigenvalue weighted by Crippen LogP contribution is 2.25. The summed E-state index contributed by atoms with van der Waals surface area (Å²) in [5.74, 6) is -0.118. The number of anilines is 2. The minimum absolute atomic E-state index is 0.00993. The van der Waals surface area contributed by atoms with Crippen LogP contribution in [-0.4, -0.2) is 30.1 Å². The molecule has 0 radical (unpaired) electrons. The van der Waals surface area contributed by atoms with Gasteiger partial charge in [0.2, 0.25) is 11.8 Å². The second kappa shape index (κ2) is 7.75. The van der Waals surface area contributed by atoms with Gasteiger partial charge in [0.05, 0.1) is 24.2 Å². The number of nitrogens with zero attached hydrogens (tertiary/aromatic N) is 2. The van der Waals surface area contributed by atoms with Crippen LogP contribution in [0.15, 0.2) is 52.9 Å². The third kappa shape index (κ3) is 3.96. The van der Waals surface area contributed by atoms with Crippen LogP contribution in [0.2, 0.25) is 0 Å². The Morgan fingerprint density at radius 1 is 1.21 bits per heavy atom. The number of halogens is 1. The molecule has 0 bridgehead atoms. The first-order valence-electron chi connectivity index (χ1n) is 9.06. The van der Waals surface area contributed by atoms with Crippen molar-refractivity contribution in [3.05, 3.63) is 65.8 Å². The average Bonchev–Trinajstić information content (AvgIpc) is 3.28. The Morgan fingerprint density at radius 3 is 2.66 bits per heavy atom. The maximum atomic E-state index is 13.9. The van der Waals surface area contributed by atoms with Crippen molar-refractivity contribution in [3.8, 4) is 11.5 Å². The summed E-state index contributed by atoms with van der Waals surface area (Å²) in [4.78, 5) is 29.8. The molecule has 8 heteroatoms. The number of aryl methyl sites for hydroxylation is 1. The molecular weight excluding hydrogens is 377 g/mol. The van der Waals surface area contributed by atoms with Crippen LogP contribution in [0.4, 0.5) is 20.6 Å². The lowest BCUT2D eigenvalue weighted by molar-refractivity contribution is -0.115. The summed E-state index contributed by atoms with van der Waals surface area (Å²) in [6.45, 7) is 2.55. The minimum atomic E-state index is -0.438. The number of nitrogens with one attached hydrogen (secondary N) is 1. The largest absolute Gasteiger partial charge is 0.447 e. The average molecular weight is 395 g/mol. The zero-order chi connectivity index (χ0) is 20.4. The van der Waals surface area contributed by atoms with Gasteiger partial charge in [0, 0.05) is 11.4 Å². The van der Waals surface area contributed by atoms with Crippen molar-refractivity contribution in [2.75, 3.05) is 23.4 Å². The molecule has 0 saturated carbocycles. The van der Waals surface area contributed by atoms with Gasteiger partial charge in [0.25, 0.3) is 0 Å². The van der Waals surface area contributed by atoms with Crippen molar-refractivity contribution in [3.63, 3.8) is 0 Å². The fourth-order valence-electron chi connectivity index (χ4n) is 3.05. The van der Waals surface area contributed by atoms with Crippen molar-refractivity contribution in [2.24, 2.45) is 0 Å². The third-order valence-corrected chi connectivity index (χ3v) is 4.55. The molecule has 0 aliphatic carbocycles. The molecule has 29 heavy (non-hydrogen) atoms. The number of benzene rings is 2. The van der Waals surface area contributed by atoms with Crippen LogP contribution in [0.5, 0.6) is 0 Å². The van der Waals surface area contributed by atoms with E-state index < -0.39 is 5.82 Å². The van der Waals surface area contributed by atoms with Crippen molar-refractivity contribution in [2.45, 2.75) is 13.3 Å². The van der Waals surface area contributed by atoms with Crippen molar-refractivity contribution < 1.29 is 23.1 Å². The number of ether oxygens (including phenoxy) is 1. The van der Waals surface area contributed by atoms with Crippen LogP contribution in [0.3, 0.4) is 0 Å². The van der Waals surface area contributed by atoms with E-state index in [4.69, 9.17) is 9.15 Å². The molecule has 1 N–H and O–H groups in total. The Labute approximate surface area is 166 Å². The quantitative estimate of drug-likeness (QED) is 0.708. The van der Waals surface area contributed by atoms with Gasteiger partial charge in [-0.2, -0.15) is 0 Å². The molecule has 0 unspecified atom stereocenters. The monoisotopic (exact) mass is 395 g/mol. The minimum Gasteiger partial charge on any atom is -0.447 e. The molecule has 4 rings (SSSR count). The van der Waals surface area contributed by atoms with Gasteiger partial charge in [-0.1, -0.05) is 12.1 Å². The van der Waals surface area contributed by atoms with Gasteiger partial charge >= 0.3 is 6.09 Å². The van der Waals surface area contributed by atoms with Gasteiger partial charge in [0.1, 0.15) is 18.2 Å². The van der Waals surface area contributed by atoms with E-state index in [0.717, 1.165) is 0 Å². The summed E-state index contributed by atoms with van der Waals surface area (Å²) in [5, 5.41) is 2.78. The van der Waals surface area contributed by atoms with E-state index in [-0.39, 0.29) is 29.9 Å². The number of hydrogen-bond acceptors (Lipinski definition) is 5. The van der Waals surface area contributed by atoms with Crippen molar-refractivity contribution >= 4 is 23.4 Å². The zero-order valence-electron chi connectivity index (χ0n) is 15.6. The number of carbonyl (C=O) groups is 2. The molecule has 3 aromatic rings. The SMILES string of the molecule is Cc1oc(-c2ccccc2F)nc1CC(=O)Nc1ccc(N2CCOC2=O)cc1. The van der Waals surface area contributed by atoms with Gasteiger partial charge in [-0.25, -0.2) is 14.2 Å². The number of hydrogen-bond donors (Lipinski definition) is 1. The van der Waals surface area contributed by atoms with Crippen LogP contribution in [-0.2, 0) is 16.0 Å². The summed E-state index contributed by atoms with van der Waals surface area (Å²) < 4.78 is 24.4. The zero-order valence-corrected chi connectivity index (χ0v) is 15.6. The molecule has 1 saturated heterocycles. The smallest absolute Gasteiger partial charge is 0.414 e. The van der Waals surface area contributed by atoms with E-state index in [2.05, 4.69) is 10.3 Å². The predicted molar refractivity (Wildman–Crippen MR) is 104 cm³/mol. The highest BCUT2D eigenvalue weighted by atomic mass is 19.1. The topological polar surface area (TPSA) is 84.7 Å². The lowest BCUT2D eigenvalue weighted by atomic mass is 10.2. The fraction of sp³-hybridized carbons (Fsp3) is 0.190. The van der Waals surface area contributed by atoms with Crippen LogP contribution in [0.25, 0.3) is 11.5 Å². The normalized spacial score (nSPS) is 13.4. The summed E-state index contributed by atoms with van der Waals surface area (Å²) in [5.41, 5.74) is 1.98. The number of carbonyl (C=O) groups excluding carboxylic acids is 2. The van der Waals surface area contributed by atoms with Crippen LogP contribution >= 0.6 is 0 Å². The lowest BCUT2D eigenvalue weighted by Crippen LogP contribution is -2.23. The number of aromatic nitrogens is 1. The first kappa shape index (κ1) is 18.7. The Balaban J connectivity index is 1.42. The molecule has 1 aliphatic rings. The molecule has 2 amide bonds. The lowest BCUT2D eigenvalue weighted by Gasteiger charge is -2.13. The number of oxazole rings is 1. The molecule has 1 fully saturated rings. The van der Waals surface area contributed by atoms with E-state index in [1.807, 2.05) is 0 Å². The first-order chi connectivity index (χ1) is 14.0. The molecular formula is C21H18FN3O4. The van der Waals surface area contributed by atoms with Gasteiger partial charge in [-0.3, -0.25) is 9.69 Å². The van der Waals surface area contributed by atoms with E-state index in [0.29, 0.717) is 36.0 Å². The van der Waals surface area contributed by atoms with E-state index in [1.54, 1.807) is 49.4 Å². The maximum absolute atomic E-state index is 13.9. The Bertz CT molecular complexity index is 1060. The first-order valence-corrected chi connectivity index (χ1v) is 9.06. The maximum Gasteiger partial charge on any atom is 0.414 e. The number of cyclic esters (lactones) is 1. The van der Waals surface area contributed by atoms with E-state index >= 15 is 0 Å². The second-order valence-corrected chi connectivity index (χ2v) is 6.54. The molecule has 0 spiro atoms. The van der Waals surface area contributed by atoms with Gasteiger partial charge in [-0.05, 0) is 43.3 Å². The molecule has 1 aromatic heterocycles. The van der Waals surface area contributed by atoms with Crippen molar-refractivity contribution in [1.29, 1.82) is 0 Å². The summed E-state index contributed by atoms with van der Waals surface area (Å²) in [6, 6.07) is 13.1. The molecule has 2 heterocycles. The van der Waals surface area contributed by atoms with Crippen LogP contribution in [0.1, 0.15) is 11.5 Å². The fourth-order valence-corrected chi connectivity index (χ4v) is 3.05. The standard InChI is InChI=1S/C21H18FN3O4/c1-13-18(24-20(29-13)16-4-2-3-5-17(16)22)12-19(26)23-14-6-8-15(9-7-14)25-10-11-28-21(25)27/h2-9H,10-12H2,1H3,(H,23,26). The van der Waals surface area contributed by atoms with E-state index in [9.17, 15) is 14.0 Å². The van der Waals surface area contributed by atoms with Gasteiger partial charge in [-0.15, -0.1) is 0 Å². The van der Waals surface area contributed by atoms with Crippen molar-refractivity contribution in [1.82, 2.24) is 4.98 Å². The molecule has 148 valence electrons. The molecule has 1 aliphatic heterocycles. The molecule has 0 atom stereocenters. The predicted octanol–water partition coefficient (Wildman–Crippen LogP) is 3.93. The van der Waals surface area contributed by atoms with Crippen LogP contribution < -0.4 is 10.2 Å². The van der Waals surface area contributed by atoms with Crippen LogP contribution in [0, 0.1) is 12.7 Å². The Kier molecular flexibility index (Phi) is 4.99. The summed E-state index contributed by atoms with van der Waals surface area (Å²) in [7, 11) is 0. The second-order valence-electron chi connectivity index (χ2n) is 6.54. The molecule has 2 aromatic carbocycles. The molecule has 7 nitrogen and oxygen atoms in total. The van der Waals surface area contributed by atoms with Gasteiger partial charge in [0.15, 0.2) is 0 Å². The number of amides is 2. The number of rotatable bonds is 5. The van der Waals surface area contributed by atoms with Gasteiger partial charge < -0.3 is 14.5 Å². The highest BCUT2D eigenvalue weighted by molar-refractivity contribution is 5.93. The Hall–Kier alpha value is -3.68. The van der Waals surface area contributed by atoms with E-state index in [1.165, 1.54) is 11.0 Å². The highest BCUT2D eigenvalue weighted by Gasteiger charge is 2.23. The third-order valence-electron chi connectivity index (χ3n) is 4.55.